The maximum atomic E-state index is 13.8. The molecule has 0 bridgehead atoms. The lowest BCUT2D eigenvalue weighted by atomic mass is 9.63. The van der Waals surface area contributed by atoms with Gasteiger partial charge >= 0.3 is 5.97 Å². The molecule has 8 heteroatoms. The molecule has 2 aliphatic carbocycles. The number of aliphatic carboxylic acids is 1. The molecule has 3 aliphatic rings. The molecule has 0 aromatic heterocycles. The fraction of sp³-hybridized carbons (Fsp3) is 0.552. The fourth-order valence-electron chi connectivity index (χ4n) is 6.05. The van der Waals surface area contributed by atoms with Gasteiger partial charge in [0.1, 0.15) is 0 Å². The highest BCUT2D eigenvalue weighted by atomic mass is 79.9. The van der Waals surface area contributed by atoms with Crippen LogP contribution in [-0.4, -0.2) is 47.3 Å². The van der Waals surface area contributed by atoms with E-state index in [1.165, 1.54) is 0 Å². The van der Waals surface area contributed by atoms with E-state index in [0.717, 1.165) is 29.8 Å². The molecule has 200 valence electrons. The molecule has 0 saturated carbocycles. The number of ketones is 2. The minimum atomic E-state index is -1.10. The van der Waals surface area contributed by atoms with E-state index in [9.17, 15) is 14.4 Å². The number of ether oxygens (including phenoxy) is 2. The number of carboxylic acids is 1. The molecule has 1 aromatic carbocycles. The Morgan fingerprint density at radius 2 is 1.51 bits per heavy atom. The first-order valence-corrected chi connectivity index (χ1v) is 13.7. The van der Waals surface area contributed by atoms with Crippen LogP contribution in [0.15, 0.2) is 39.1 Å². The van der Waals surface area contributed by atoms with Gasteiger partial charge < -0.3 is 19.5 Å². The quantitative estimate of drug-likeness (QED) is 0.426. The molecule has 0 amide bonds. The first kappa shape index (κ1) is 27.4. The van der Waals surface area contributed by atoms with Crippen LogP contribution in [0, 0.1) is 10.8 Å². The minimum Gasteiger partial charge on any atom is -0.490 e. The van der Waals surface area contributed by atoms with Gasteiger partial charge in [0, 0.05) is 47.8 Å². The predicted octanol–water partition coefficient (Wildman–Crippen LogP) is 6.02. The number of halogens is 1. The number of Topliss-reactive ketones (excluding diaryl/α,β-unsaturated/α-hetero) is 2. The molecule has 0 radical (unpaired) electrons. The van der Waals surface area contributed by atoms with Crippen molar-refractivity contribution in [2.75, 3.05) is 19.8 Å². The second-order valence-corrected chi connectivity index (χ2v) is 12.6. The molecule has 0 spiro atoms. The van der Waals surface area contributed by atoms with E-state index in [1.807, 2.05) is 13.0 Å². The lowest BCUT2D eigenvalue weighted by molar-refractivity contribution is -0.139. The molecule has 1 heterocycles. The molecule has 1 aliphatic heterocycles. The molecule has 37 heavy (non-hydrogen) atoms. The van der Waals surface area contributed by atoms with E-state index in [-0.39, 0.29) is 28.1 Å². The maximum absolute atomic E-state index is 13.8. The first-order chi connectivity index (χ1) is 17.3. The average molecular weight is 575 g/mol. The Hall–Kier alpha value is -2.61. The normalized spacial score (nSPS) is 21.1. The van der Waals surface area contributed by atoms with Crippen LogP contribution in [0.25, 0.3) is 0 Å². The molecule has 0 atom stereocenters. The number of benzene rings is 1. The largest absolute Gasteiger partial charge is 0.490 e. The van der Waals surface area contributed by atoms with Crippen LogP contribution >= 0.6 is 15.9 Å². The van der Waals surface area contributed by atoms with Crippen molar-refractivity contribution in [3.8, 4) is 11.5 Å². The molecular weight excluding hydrogens is 538 g/mol. The maximum Gasteiger partial charge on any atom is 0.341 e. The summed E-state index contributed by atoms with van der Waals surface area (Å²) in [6, 6.07) is 3.63. The lowest BCUT2D eigenvalue weighted by Gasteiger charge is -2.49. The number of carbonyl (C=O) groups excluding carboxylic acids is 2. The van der Waals surface area contributed by atoms with Gasteiger partial charge in [0.15, 0.2) is 29.7 Å². The van der Waals surface area contributed by atoms with Gasteiger partial charge in [0.05, 0.1) is 11.1 Å². The minimum absolute atomic E-state index is 0.0687. The zero-order chi connectivity index (χ0) is 27.3. The van der Waals surface area contributed by atoms with Crippen molar-refractivity contribution >= 4 is 33.5 Å². The van der Waals surface area contributed by atoms with Crippen molar-refractivity contribution in [3.05, 3.63) is 44.7 Å². The zero-order valence-electron chi connectivity index (χ0n) is 22.5. The summed E-state index contributed by atoms with van der Waals surface area (Å²) in [7, 11) is 0. The topological polar surface area (TPSA) is 93.1 Å². The number of hydrogen-bond donors (Lipinski definition) is 1. The van der Waals surface area contributed by atoms with Crippen molar-refractivity contribution in [2.45, 2.75) is 73.1 Å². The Kier molecular flexibility index (Phi) is 7.36. The Morgan fingerprint density at radius 3 is 1.97 bits per heavy atom. The van der Waals surface area contributed by atoms with Gasteiger partial charge in [-0.05, 0) is 71.1 Å². The Bertz CT molecular complexity index is 1170. The summed E-state index contributed by atoms with van der Waals surface area (Å²) in [5.74, 6) is -0.805. The van der Waals surface area contributed by atoms with Crippen LogP contribution in [0.4, 0.5) is 0 Å². The number of rotatable bonds is 7. The summed E-state index contributed by atoms with van der Waals surface area (Å²) in [5.41, 5.74) is 3.83. The number of hydrogen-bond acceptors (Lipinski definition) is 6. The standard InChI is InChI=1S/C29H36BrNO6/c1-7-31-18-11-28(3,4)13-20(32)25(18)24(26-19(31)12-29(5,6)14-21(26)33)16-9-17(30)27(37-15-23(34)35)22(10-16)36-8-2/h9-10,24H,7-8,11-15H2,1-6H3,(H,34,35). The molecule has 0 saturated heterocycles. The third kappa shape index (κ3) is 5.22. The molecular formula is C29H36BrNO6. The van der Waals surface area contributed by atoms with Gasteiger partial charge in [-0.3, -0.25) is 9.59 Å². The average Bonchev–Trinajstić information content (AvgIpc) is 2.75. The number of allylic oxidation sites excluding steroid dienone is 4. The second-order valence-electron chi connectivity index (χ2n) is 11.7. The summed E-state index contributed by atoms with van der Waals surface area (Å²) in [5, 5.41) is 9.12. The van der Waals surface area contributed by atoms with Crippen LogP contribution < -0.4 is 9.47 Å². The van der Waals surface area contributed by atoms with Gasteiger partial charge in [-0.15, -0.1) is 0 Å². The Labute approximate surface area is 227 Å². The van der Waals surface area contributed by atoms with Crippen molar-refractivity contribution in [1.82, 2.24) is 4.90 Å². The van der Waals surface area contributed by atoms with E-state index >= 15 is 0 Å². The molecule has 1 aromatic rings. The lowest BCUT2D eigenvalue weighted by Crippen LogP contribution is -2.44. The zero-order valence-corrected chi connectivity index (χ0v) is 24.1. The SMILES string of the molecule is CCOc1cc(C2C3=C(CC(C)(C)CC3=O)N(CC)C3=C2C(=O)CC(C)(C)C3)cc(Br)c1OCC(=O)O. The summed E-state index contributed by atoms with van der Waals surface area (Å²) < 4.78 is 11.9. The molecule has 0 fully saturated rings. The number of carbonyl (C=O) groups is 3. The highest BCUT2D eigenvalue weighted by Crippen LogP contribution is 2.55. The van der Waals surface area contributed by atoms with Crippen molar-refractivity contribution in [1.29, 1.82) is 0 Å². The van der Waals surface area contributed by atoms with E-state index in [4.69, 9.17) is 14.6 Å². The smallest absolute Gasteiger partial charge is 0.341 e. The molecule has 1 N–H and O–H groups in total. The van der Waals surface area contributed by atoms with Gasteiger partial charge in [-0.2, -0.15) is 0 Å². The third-order valence-corrected chi connectivity index (χ3v) is 7.93. The van der Waals surface area contributed by atoms with Gasteiger partial charge in [0.2, 0.25) is 0 Å². The highest BCUT2D eigenvalue weighted by Gasteiger charge is 2.48. The first-order valence-electron chi connectivity index (χ1n) is 12.9. The predicted molar refractivity (Wildman–Crippen MR) is 144 cm³/mol. The third-order valence-electron chi connectivity index (χ3n) is 7.34. The van der Waals surface area contributed by atoms with E-state index in [0.29, 0.717) is 47.4 Å². The van der Waals surface area contributed by atoms with Crippen LogP contribution in [0.2, 0.25) is 0 Å². The van der Waals surface area contributed by atoms with E-state index in [1.54, 1.807) is 6.07 Å². The molecule has 7 nitrogen and oxygen atoms in total. The van der Waals surface area contributed by atoms with Gasteiger partial charge in [-0.1, -0.05) is 27.7 Å². The summed E-state index contributed by atoms with van der Waals surface area (Å²) in [6.45, 7) is 12.9. The van der Waals surface area contributed by atoms with Crippen LogP contribution in [-0.2, 0) is 14.4 Å². The van der Waals surface area contributed by atoms with Crippen LogP contribution in [0.5, 0.6) is 11.5 Å². The molecule has 4 rings (SSSR count). The Balaban J connectivity index is 1.97. The van der Waals surface area contributed by atoms with Crippen molar-refractivity contribution < 1.29 is 29.0 Å². The van der Waals surface area contributed by atoms with Crippen LogP contribution in [0.3, 0.4) is 0 Å². The fourth-order valence-corrected chi connectivity index (χ4v) is 6.63. The summed E-state index contributed by atoms with van der Waals surface area (Å²) in [6.07, 6.45) is 2.34. The monoisotopic (exact) mass is 573 g/mol. The summed E-state index contributed by atoms with van der Waals surface area (Å²) >= 11 is 3.54. The van der Waals surface area contributed by atoms with Crippen molar-refractivity contribution in [3.63, 3.8) is 0 Å². The van der Waals surface area contributed by atoms with Gasteiger partial charge in [0.25, 0.3) is 0 Å². The van der Waals surface area contributed by atoms with Crippen molar-refractivity contribution in [2.24, 2.45) is 10.8 Å². The van der Waals surface area contributed by atoms with Crippen LogP contribution in [0.1, 0.15) is 78.7 Å². The highest BCUT2D eigenvalue weighted by molar-refractivity contribution is 9.10. The number of carboxylic acid groups (broad SMARTS) is 1. The summed E-state index contributed by atoms with van der Waals surface area (Å²) in [4.78, 5) is 40.9. The second kappa shape index (κ2) is 9.93. The number of nitrogens with zero attached hydrogens (tertiary/aromatic N) is 1. The Morgan fingerprint density at radius 1 is 0.973 bits per heavy atom. The van der Waals surface area contributed by atoms with Gasteiger partial charge in [-0.25, -0.2) is 4.79 Å². The molecule has 0 unspecified atom stereocenters. The van der Waals surface area contributed by atoms with E-state index in [2.05, 4.69) is 55.4 Å². The van der Waals surface area contributed by atoms with E-state index < -0.39 is 18.5 Å².